The molecule has 0 saturated carbocycles. The van der Waals surface area contributed by atoms with Crippen molar-refractivity contribution in [2.75, 3.05) is 19.6 Å². The molecule has 4 nitrogen and oxygen atoms in total. The van der Waals surface area contributed by atoms with Crippen LogP contribution in [-0.4, -0.2) is 47.3 Å². The zero-order chi connectivity index (χ0) is 12.3. The summed E-state index contributed by atoms with van der Waals surface area (Å²) >= 11 is 0. The van der Waals surface area contributed by atoms with Gasteiger partial charge in [0.25, 0.3) is 0 Å². The summed E-state index contributed by atoms with van der Waals surface area (Å²) in [6.07, 6.45) is 5.48. The van der Waals surface area contributed by atoms with Gasteiger partial charge in [-0.25, -0.2) is 0 Å². The van der Waals surface area contributed by atoms with Gasteiger partial charge in [0, 0.05) is 38.5 Å². The average Bonchev–Trinajstić information content (AvgIpc) is 2.88. The van der Waals surface area contributed by atoms with Gasteiger partial charge >= 0.3 is 0 Å². The minimum Gasteiger partial charge on any atom is -0.343 e. The number of hydrogen-bond acceptors (Lipinski definition) is 2. The summed E-state index contributed by atoms with van der Waals surface area (Å²) in [6, 6.07) is 0.336. The number of rotatable bonds is 5. The SMILES string of the molecule is CC(CCCN1CCCC1=O)N1CCCC1=O. The van der Waals surface area contributed by atoms with Gasteiger partial charge in [-0.1, -0.05) is 0 Å². The molecule has 0 aliphatic carbocycles. The van der Waals surface area contributed by atoms with E-state index < -0.39 is 0 Å². The number of carbonyl (C=O) groups excluding carboxylic acids is 2. The standard InChI is InChI=1S/C13H22N2O2/c1-11(15-10-4-7-13(15)17)5-2-8-14-9-3-6-12(14)16/h11H,2-10H2,1H3. The average molecular weight is 238 g/mol. The second kappa shape index (κ2) is 5.52. The fraction of sp³-hybridized carbons (Fsp3) is 0.846. The van der Waals surface area contributed by atoms with Crippen LogP contribution in [0.15, 0.2) is 0 Å². The molecule has 0 bridgehead atoms. The molecule has 2 rings (SSSR count). The van der Waals surface area contributed by atoms with Gasteiger partial charge in [-0.05, 0) is 32.6 Å². The molecule has 0 N–H and O–H groups in total. The first-order chi connectivity index (χ1) is 8.18. The van der Waals surface area contributed by atoms with E-state index in [0.717, 1.165) is 58.2 Å². The lowest BCUT2D eigenvalue weighted by Gasteiger charge is -2.25. The van der Waals surface area contributed by atoms with Crippen LogP contribution in [0.25, 0.3) is 0 Å². The van der Waals surface area contributed by atoms with Crippen molar-refractivity contribution in [1.29, 1.82) is 0 Å². The van der Waals surface area contributed by atoms with Gasteiger partial charge in [0.2, 0.25) is 11.8 Å². The van der Waals surface area contributed by atoms with E-state index in [1.165, 1.54) is 0 Å². The van der Waals surface area contributed by atoms with Gasteiger partial charge in [-0.15, -0.1) is 0 Å². The van der Waals surface area contributed by atoms with Crippen LogP contribution < -0.4 is 0 Å². The van der Waals surface area contributed by atoms with Gasteiger partial charge < -0.3 is 9.80 Å². The molecule has 96 valence electrons. The highest BCUT2D eigenvalue weighted by molar-refractivity contribution is 5.78. The van der Waals surface area contributed by atoms with Crippen LogP contribution in [0.2, 0.25) is 0 Å². The predicted molar refractivity (Wildman–Crippen MR) is 65.5 cm³/mol. The predicted octanol–water partition coefficient (Wildman–Crippen LogP) is 1.40. The Kier molecular flexibility index (Phi) is 4.02. The second-order valence-electron chi connectivity index (χ2n) is 5.17. The minimum absolute atomic E-state index is 0.301. The summed E-state index contributed by atoms with van der Waals surface area (Å²) < 4.78 is 0. The topological polar surface area (TPSA) is 40.6 Å². The Labute approximate surface area is 103 Å². The summed E-state index contributed by atoms with van der Waals surface area (Å²) in [4.78, 5) is 26.9. The third kappa shape index (κ3) is 2.99. The van der Waals surface area contributed by atoms with Gasteiger partial charge in [0.05, 0.1) is 0 Å². The number of amides is 2. The summed E-state index contributed by atoms with van der Waals surface area (Å²) in [5.41, 5.74) is 0. The van der Waals surface area contributed by atoms with E-state index in [4.69, 9.17) is 0 Å². The maximum absolute atomic E-state index is 11.5. The number of carbonyl (C=O) groups is 2. The van der Waals surface area contributed by atoms with Crippen LogP contribution in [0.4, 0.5) is 0 Å². The van der Waals surface area contributed by atoms with Crippen LogP contribution in [0.5, 0.6) is 0 Å². The number of hydrogen-bond donors (Lipinski definition) is 0. The van der Waals surface area contributed by atoms with Crippen LogP contribution in [0.3, 0.4) is 0 Å². The first-order valence-corrected chi connectivity index (χ1v) is 6.76. The van der Waals surface area contributed by atoms with E-state index in [1.54, 1.807) is 0 Å². The molecule has 17 heavy (non-hydrogen) atoms. The fourth-order valence-corrected chi connectivity index (χ4v) is 2.81. The molecule has 0 aromatic heterocycles. The molecule has 0 spiro atoms. The van der Waals surface area contributed by atoms with E-state index >= 15 is 0 Å². The quantitative estimate of drug-likeness (QED) is 0.726. The summed E-state index contributed by atoms with van der Waals surface area (Å²) in [7, 11) is 0. The highest BCUT2D eigenvalue weighted by atomic mass is 16.2. The lowest BCUT2D eigenvalue weighted by molar-refractivity contribution is -0.130. The summed E-state index contributed by atoms with van der Waals surface area (Å²) in [5.74, 6) is 0.602. The van der Waals surface area contributed by atoms with Gasteiger partial charge in [0.15, 0.2) is 0 Å². The van der Waals surface area contributed by atoms with Crippen LogP contribution >= 0.6 is 0 Å². The van der Waals surface area contributed by atoms with Crippen molar-refractivity contribution in [3.63, 3.8) is 0 Å². The zero-order valence-electron chi connectivity index (χ0n) is 10.7. The molecule has 1 atom stereocenters. The lowest BCUT2D eigenvalue weighted by Crippen LogP contribution is -2.35. The summed E-state index contributed by atoms with van der Waals surface area (Å²) in [5, 5.41) is 0. The van der Waals surface area contributed by atoms with Crippen LogP contribution in [-0.2, 0) is 9.59 Å². The molecular formula is C13H22N2O2. The van der Waals surface area contributed by atoms with Crippen molar-refractivity contribution in [2.24, 2.45) is 0 Å². The Balaban J connectivity index is 1.67. The van der Waals surface area contributed by atoms with Crippen molar-refractivity contribution in [3.8, 4) is 0 Å². The molecule has 4 heteroatoms. The molecule has 0 aromatic carbocycles. The van der Waals surface area contributed by atoms with Gasteiger partial charge in [-0.3, -0.25) is 9.59 Å². The highest BCUT2D eigenvalue weighted by Crippen LogP contribution is 2.17. The molecule has 0 aromatic rings. The zero-order valence-corrected chi connectivity index (χ0v) is 10.7. The Bertz CT molecular complexity index is 304. The third-order valence-electron chi connectivity index (χ3n) is 3.86. The molecule has 2 fully saturated rings. The highest BCUT2D eigenvalue weighted by Gasteiger charge is 2.25. The van der Waals surface area contributed by atoms with Crippen molar-refractivity contribution in [2.45, 2.75) is 51.5 Å². The molecule has 2 amide bonds. The number of likely N-dealkylation sites (tertiary alicyclic amines) is 2. The first-order valence-electron chi connectivity index (χ1n) is 6.76. The Morgan fingerprint density at radius 1 is 1.12 bits per heavy atom. The Hall–Kier alpha value is -1.06. The Morgan fingerprint density at radius 3 is 2.41 bits per heavy atom. The van der Waals surface area contributed by atoms with E-state index in [9.17, 15) is 9.59 Å². The first kappa shape index (κ1) is 12.4. The van der Waals surface area contributed by atoms with Crippen LogP contribution in [0, 0.1) is 0 Å². The maximum atomic E-state index is 11.5. The van der Waals surface area contributed by atoms with E-state index in [2.05, 4.69) is 6.92 Å². The number of nitrogens with zero attached hydrogens (tertiary/aromatic N) is 2. The van der Waals surface area contributed by atoms with Crippen molar-refractivity contribution in [3.05, 3.63) is 0 Å². The third-order valence-corrected chi connectivity index (χ3v) is 3.86. The molecular weight excluding hydrogens is 216 g/mol. The van der Waals surface area contributed by atoms with Crippen molar-refractivity contribution in [1.82, 2.24) is 9.80 Å². The van der Waals surface area contributed by atoms with Crippen molar-refractivity contribution >= 4 is 11.8 Å². The van der Waals surface area contributed by atoms with Crippen molar-refractivity contribution < 1.29 is 9.59 Å². The smallest absolute Gasteiger partial charge is 0.222 e. The maximum Gasteiger partial charge on any atom is 0.222 e. The monoisotopic (exact) mass is 238 g/mol. The Morgan fingerprint density at radius 2 is 1.82 bits per heavy atom. The second-order valence-corrected chi connectivity index (χ2v) is 5.17. The molecule has 2 saturated heterocycles. The van der Waals surface area contributed by atoms with E-state index in [-0.39, 0.29) is 0 Å². The van der Waals surface area contributed by atoms with E-state index in [1.807, 2.05) is 9.80 Å². The molecule has 0 radical (unpaired) electrons. The lowest BCUT2D eigenvalue weighted by atomic mass is 10.1. The molecule has 2 aliphatic heterocycles. The molecule has 2 aliphatic rings. The largest absolute Gasteiger partial charge is 0.343 e. The fourth-order valence-electron chi connectivity index (χ4n) is 2.81. The summed E-state index contributed by atoms with van der Waals surface area (Å²) in [6.45, 7) is 4.83. The van der Waals surface area contributed by atoms with Gasteiger partial charge in [0.1, 0.15) is 0 Å². The normalized spacial score (nSPS) is 22.6. The molecule has 1 unspecified atom stereocenters. The van der Waals surface area contributed by atoms with E-state index in [0.29, 0.717) is 17.9 Å². The van der Waals surface area contributed by atoms with Gasteiger partial charge in [-0.2, -0.15) is 0 Å². The minimum atomic E-state index is 0.301. The van der Waals surface area contributed by atoms with Crippen LogP contribution in [0.1, 0.15) is 45.4 Å². The molecule has 2 heterocycles.